The van der Waals surface area contributed by atoms with Crippen molar-refractivity contribution in [2.45, 2.75) is 38.6 Å². The van der Waals surface area contributed by atoms with E-state index < -0.39 is 0 Å². The summed E-state index contributed by atoms with van der Waals surface area (Å²) in [6, 6.07) is 0. The summed E-state index contributed by atoms with van der Waals surface area (Å²) in [5, 5.41) is 0. The average molecular weight is 273 g/mol. The van der Waals surface area contributed by atoms with Crippen LogP contribution in [0.25, 0.3) is 0 Å². The molecule has 1 aromatic heterocycles. The van der Waals surface area contributed by atoms with Crippen LogP contribution in [0.4, 0.5) is 0 Å². The summed E-state index contributed by atoms with van der Waals surface area (Å²) in [6.45, 7) is 1.95. The van der Waals surface area contributed by atoms with Crippen molar-refractivity contribution in [2.75, 3.05) is 13.6 Å². The number of carbonyl (C=O) groups excluding carboxylic acids is 1. The summed E-state index contributed by atoms with van der Waals surface area (Å²) < 4.78 is 2.24. The van der Waals surface area contributed by atoms with E-state index in [1.54, 1.807) is 0 Å². The summed E-state index contributed by atoms with van der Waals surface area (Å²) in [7, 11) is 1.99. The zero-order valence-electron chi connectivity index (χ0n) is 12.2. The van der Waals surface area contributed by atoms with Crippen molar-refractivity contribution in [3.05, 3.63) is 18.2 Å². The Morgan fingerprint density at radius 1 is 1.45 bits per heavy atom. The summed E-state index contributed by atoms with van der Waals surface area (Å²) in [5.41, 5.74) is 0. The van der Waals surface area contributed by atoms with Crippen LogP contribution in [0.15, 0.2) is 12.4 Å². The van der Waals surface area contributed by atoms with E-state index in [1.807, 2.05) is 18.1 Å². The molecule has 2 aliphatic carbocycles. The van der Waals surface area contributed by atoms with E-state index in [4.69, 9.17) is 0 Å². The second kappa shape index (κ2) is 4.61. The first-order chi connectivity index (χ1) is 9.72. The van der Waals surface area contributed by atoms with Crippen molar-refractivity contribution in [1.82, 2.24) is 14.5 Å². The Morgan fingerprint density at radius 2 is 2.30 bits per heavy atom. The lowest BCUT2D eigenvalue weighted by Crippen LogP contribution is -2.36. The molecule has 2 fully saturated rings. The Morgan fingerprint density at radius 3 is 3.10 bits per heavy atom. The largest absolute Gasteiger partial charge is 0.345 e. The molecule has 0 unspecified atom stereocenters. The first kappa shape index (κ1) is 12.4. The van der Waals surface area contributed by atoms with Crippen LogP contribution < -0.4 is 0 Å². The standard InChI is InChI=1S/C16H23N3O/c1-18(16(20)14-9-13(14)12-2-3-12)10-11-4-6-19-7-5-17-15(19)8-11/h5,7,11-14H,2-4,6,8-10H2,1H3/t11-,13+,14-/m1/s1. The molecule has 3 aliphatic rings. The lowest BCUT2D eigenvalue weighted by molar-refractivity contribution is -0.132. The number of carbonyl (C=O) groups is 1. The minimum absolute atomic E-state index is 0.359. The highest BCUT2D eigenvalue weighted by molar-refractivity contribution is 5.81. The molecule has 1 aliphatic heterocycles. The minimum Gasteiger partial charge on any atom is -0.345 e. The number of amides is 1. The molecule has 20 heavy (non-hydrogen) atoms. The van der Waals surface area contributed by atoms with Gasteiger partial charge in [-0.15, -0.1) is 0 Å². The van der Waals surface area contributed by atoms with Gasteiger partial charge >= 0.3 is 0 Å². The van der Waals surface area contributed by atoms with Gasteiger partial charge in [0.15, 0.2) is 0 Å². The molecule has 0 bridgehead atoms. The molecule has 1 amide bonds. The lowest BCUT2D eigenvalue weighted by atomic mass is 9.97. The molecule has 0 radical (unpaired) electrons. The van der Waals surface area contributed by atoms with Crippen molar-refractivity contribution in [1.29, 1.82) is 0 Å². The van der Waals surface area contributed by atoms with E-state index in [0.29, 0.717) is 17.7 Å². The van der Waals surface area contributed by atoms with Gasteiger partial charge in [0, 0.05) is 44.9 Å². The molecule has 0 spiro atoms. The third-order valence-electron chi connectivity index (χ3n) is 5.34. The highest BCUT2D eigenvalue weighted by atomic mass is 16.2. The molecule has 4 heteroatoms. The number of aromatic nitrogens is 2. The zero-order valence-corrected chi connectivity index (χ0v) is 12.2. The lowest BCUT2D eigenvalue weighted by Gasteiger charge is -2.28. The van der Waals surface area contributed by atoms with Crippen LogP contribution in [0.3, 0.4) is 0 Å². The van der Waals surface area contributed by atoms with E-state index in [2.05, 4.69) is 15.7 Å². The smallest absolute Gasteiger partial charge is 0.225 e. The van der Waals surface area contributed by atoms with E-state index in [0.717, 1.165) is 44.2 Å². The monoisotopic (exact) mass is 273 g/mol. The molecular weight excluding hydrogens is 250 g/mol. The minimum atomic E-state index is 0.359. The van der Waals surface area contributed by atoms with Gasteiger partial charge in [0.2, 0.25) is 5.91 Å². The molecule has 4 nitrogen and oxygen atoms in total. The molecule has 0 N–H and O–H groups in total. The molecule has 0 saturated heterocycles. The first-order valence-electron chi connectivity index (χ1n) is 7.97. The Bertz CT molecular complexity index is 520. The van der Waals surface area contributed by atoms with E-state index >= 15 is 0 Å². The molecule has 1 aromatic rings. The van der Waals surface area contributed by atoms with E-state index in [1.165, 1.54) is 18.7 Å². The highest BCUT2D eigenvalue weighted by Crippen LogP contribution is 2.54. The molecule has 4 rings (SSSR count). The summed E-state index contributed by atoms with van der Waals surface area (Å²) >= 11 is 0. The van der Waals surface area contributed by atoms with Gasteiger partial charge in [0.1, 0.15) is 5.82 Å². The Balaban J connectivity index is 1.32. The van der Waals surface area contributed by atoms with Gasteiger partial charge in [-0.1, -0.05) is 0 Å². The van der Waals surface area contributed by atoms with Crippen molar-refractivity contribution < 1.29 is 4.79 Å². The van der Waals surface area contributed by atoms with Gasteiger partial charge < -0.3 is 9.47 Å². The first-order valence-corrected chi connectivity index (χ1v) is 7.97. The van der Waals surface area contributed by atoms with Crippen LogP contribution in [-0.4, -0.2) is 34.0 Å². The van der Waals surface area contributed by atoms with Gasteiger partial charge in [-0.05, 0) is 43.4 Å². The Labute approximate surface area is 120 Å². The van der Waals surface area contributed by atoms with Crippen molar-refractivity contribution >= 4 is 5.91 Å². The van der Waals surface area contributed by atoms with Gasteiger partial charge in [-0.3, -0.25) is 4.79 Å². The topological polar surface area (TPSA) is 38.1 Å². The second-order valence-corrected chi connectivity index (χ2v) is 6.96. The van der Waals surface area contributed by atoms with Crippen LogP contribution in [0.2, 0.25) is 0 Å². The number of rotatable bonds is 4. The normalized spacial score (nSPS) is 31.8. The predicted octanol–water partition coefficient (Wildman–Crippen LogP) is 1.95. The fourth-order valence-corrected chi connectivity index (χ4v) is 3.88. The molecule has 0 aromatic carbocycles. The highest BCUT2D eigenvalue weighted by Gasteiger charge is 2.51. The third kappa shape index (κ3) is 2.25. The quantitative estimate of drug-likeness (QED) is 0.841. The van der Waals surface area contributed by atoms with Crippen LogP contribution in [0.1, 0.15) is 31.5 Å². The zero-order chi connectivity index (χ0) is 13.7. The second-order valence-electron chi connectivity index (χ2n) is 6.96. The summed E-state index contributed by atoms with van der Waals surface area (Å²) in [4.78, 5) is 18.8. The number of nitrogens with zero attached hydrogens (tertiary/aromatic N) is 3. The number of hydrogen-bond acceptors (Lipinski definition) is 2. The molecule has 108 valence electrons. The maximum Gasteiger partial charge on any atom is 0.225 e. The maximum atomic E-state index is 12.4. The van der Waals surface area contributed by atoms with Crippen LogP contribution in [0, 0.1) is 23.7 Å². The van der Waals surface area contributed by atoms with Gasteiger partial charge in [-0.25, -0.2) is 4.98 Å². The van der Waals surface area contributed by atoms with Crippen LogP contribution in [-0.2, 0) is 17.8 Å². The fourth-order valence-electron chi connectivity index (χ4n) is 3.88. The third-order valence-corrected chi connectivity index (χ3v) is 5.34. The average Bonchev–Trinajstić information content (AvgIpc) is 3.33. The maximum absolute atomic E-state index is 12.4. The van der Waals surface area contributed by atoms with Crippen LogP contribution >= 0.6 is 0 Å². The number of hydrogen-bond donors (Lipinski definition) is 0. The molecule has 3 atom stereocenters. The van der Waals surface area contributed by atoms with Crippen molar-refractivity contribution in [2.24, 2.45) is 23.7 Å². The number of imidazole rings is 1. The molecular formula is C16H23N3O. The SMILES string of the molecule is CN(C[C@@H]1CCn2ccnc2C1)C(=O)[C@@H]1C[C@H]1C1CC1. The van der Waals surface area contributed by atoms with Crippen LogP contribution in [0.5, 0.6) is 0 Å². The predicted molar refractivity (Wildman–Crippen MR) is 76.0 cm³/mol. The van der Waals surface area contributed by atoms with Gasteiger partial charge in [0.25, 0.3) is 0 Å². The van der Waals surface area contributed by atoms with Gasteiger partial charge in [-0.2, -0.15) is 0 Å². The summed E-state index contributed by atoms with van der Waals surface area (Å²) in [5.74, 6) is 4.14. The summed E-state index contributed by atoms with van der Waals surface area (Å²) in [6.07, 6.45) is 10.0. The fraction of sp³-hybridized carbons (Fsp3) is 0.750. The van der Waals surface area contributed by atoms with Crippen molar-refractivity contribution in [3.8, 4) is 0 Å². The Kier molecular flexibility index (Phi) is 2.86. The molecule has 2 saturated carbocycles. The van der Waals surface area contributed by atoms with Crippen molar-refractivity contribution in [3.63, 3.8) is 0 Å². The number of fused-ring (bicyclic) bond motifs is 1. The van der Waals surface area contributed by atoms with E-state index in [9.17, 15) is 4.79 Å². The number of aryl methyl sites for hydroxylation is 1. The van der Waals surface area contributed by atoms with E-state index in [-0.39, 0.29) is 0 Å². The van der Waals surface area contributed by atoms with Gasteiger partial charge in [0.05, 0.1) is 0 Å². The molecule has 2 heterocycles. The Hall–Kier alpha value is -1.32.